The lowest BCUT2D eigenvalue weighted by atomic mass is 9.78. The van der Waals surface area contributed by atoms with E-state index < -0.39 is 22.6 Å². The van der Waals surface area contributed by atoms with Gasteiger partial charge in [0.25, 0.3) is 0 Å². The van der Waals surface area contributed by atoms with Crippen LogP contribution < -0.4 is 9.64 Å². The van der Waals surface area contributed by atoms with Crippen molar-refractivity contribution in [2.75, 3.05) is 44.3 Å². The van der Waals surface area contributed by atoms with Crippen LogP contribution in [0.2, 0.25) is 0 Å². The van der Waals surface area contributed by atoms with Crippen molar-refractivity contribution < 1.29 is 24.2 Å². The highest BCUT2D eigenvalue weighted by Gasteiger charge is 2.70. The Balaban J connectivity index is 1.49. The minimum Gasteiger partial charge on any atom is -0.494 e. The Labute approximate surface area is 241 Å². The highest BCUT2D eigenvalue weighted by atomic mass is 32.2. The van der Waals surface area contributed by atoms with Crippen molar-refractivity contribution in [1.29, 1.82) is 0 Å². The average molecular weight is 568 g/mol. The molecule has 8 nitrogen and oxygen atoms in total. The molecule has 4 heterocycles. The molecule has 3 amide bonds. The maximum atomic E-state index is 14.3. The van der Waals surface area contributed by atoms with Crippen LogP contribution in [0.25, 0.3) is 0 Å². The van der Waals surface area contributed by atoms with Crippen molar-refractivity contribution in [2.24, 2.45) is 11.8 Å². The third-order valence-corrected chi connectivity index (χ3v) is 10.3. The standard InChI is InChI=1S/C31H41N3O5S/c1-3-5-6-17-32-18-10-16-31-26(29(37)34(19-7-8-21-35)27(31)30(32)38)25-24(40-31)11-9-20-33(28(25)36)22-12-14-23(15-13-22)39-4-2/h9-16,24-27,35H,3-8,17-21H2,1-2H3/t24-,25+,26-,27?,31-/m0/s1. The third-order valence-electron chi connectivity index (χ3n) is 8.54. The lowest BCUT2D eigenvalue weighted by Gasteiger charge is -2.35. The van der Waals surface area contributed by atoms with Gasteiger partial charge in [-0.05, 0) is 50.5 Å². The topological polar surface area (TPSA) is 90.4 Å². The van der Waals surface area contributed by atoms with Crippen molar-refractivity contribution in [3.8, 4) is 5.75 Å². The fraction of sp³-hybridized carbons (Fsp3) is 0.581. The van der Waals surface area contributed by atoms with Crippen molar-refractivity contribution in [2.45, 2.75) is 62.0 Å². The number of nitrogens with zero attached hydrogens (tertiary/aromatic N) is 3. The molecule has 2 fully saturated rings. The Bertz CT molecular complexity index is 1150. The van der Waals surface area contributed by atoms with Crippen molar-refractivity contribution in [1.82, 2.24) is 9.80 Å². The number of rotatable bonds is 11. The van der Waals surface area contributed by atoms with Gasteiger partial charge in [-0.2, -0.15) is 0 Å². The summed E-state index contributed by atoms with van der Waals surface area (Å²) in [5, 5.41) is 9.21. The molecule has 1 spiro atoms. The second kappa shape index (κ2) is 12.4. The molecule has 40 heavy (non-hydrogen) atoms. The number of likely N-dealkylation sites (tertiary alicyclic amines) is 1. The van der Waals surface area contributed by atoms with Gasteiger partial charge in [-0.3, -0.25) is 14.4 Å². The number of aliphatic hydroxyl groups excluding tert-OH is 1. The van der Waals surface area contributed by atoms with Crippen molar-refractivity contribution in [3.05, 3.63) is 48.6 Å². The molecule has 9 heteroatoms. The van der Waals surface area contributed by atoms with Gasteiger partial charge in [0.05, 0.1) is 23.2 Å². The predicted molar refractivity (Wildman–Crippen MR) is 157 cm³/mol. The number of benzene rings is 1. The van der Waals surface area contributed by atoms with Gasteiger partial charge in [0.15, 0.2) is 0 Å². The monoisotopic (exact) mass is 567 g/mol. The first-order valence-corrected chi connectivity index (χ1v) is 15.6. The fourth-order valence-corrected chi connectivity index (χ4v) is 8.70. The lowest BCUT2D eigenvalue weighted by molar-refractivity contribution is -0.142. The van der Waals surface area contributed by atoms with E-state index in [1.807, 2.05) is 48.2 Å². The highest BCUT2D eigenvalue weighted by Crippen LogP contribution is 2.61. The van der Waals surface area contributed by atoms with Crippen LogP contribution >= 0.6 is 11.8 Å². The summed E-state index contributed by atoms with van der Waals surface area (Å²) >= 11 is 1.61. The summed E-state index contributed by atoms with van der Waals surface area (Å²) < 4.78 is 4.78. The number of thioether (sulfide) groups is 1. The van der Waals surface area contributed by atoms with Crippen LogP contribution in [0.1, 0.15) is 46.0 Å². The Morgan fingerprint density at radius 1 is 0.950 bits per heavy atom. The van der Waals surface area contributed by atoms with Crippen LogP contribution in [0.5, 0.6) is 5.75 Å². The van der Waals surface area contributed by atoms with Gasteiger partial charge in [-0.25, -0.2) is 0 Å². The van der Waals surface area contributed by atoms with Crippen LogP contribution in [0.15, 0.2) is 48.6 Å². The second-order valence-electron chi connectivity index (χ2n) is 11.0. The Morgan fingerprint density at radius 3 is 2.45 bits per heavy atom. The first-order valence-electron chi connectivity index (χ1n) is 14.7. The van der Waals surface area contributed by atoms with Gasteiger partial charge in [0.1, 0.15) is 11.8 Å². The Morgan fingerprint density at radius 2 is 1.73 bits per heavy atom. The summed E-state index contributed by atoms with van der Waals surface area (Å²) in [7, 11) is 0. The largest absolute Gasteiger partial charge is 0.494 e. The van der Waals surface area contributed by atoms with E-state index in [2.05, 4.69) is 19.1 Å². The molecule has 5 atom stereocenters. The summed E-state index contributed by atoms with van der Waals surface area (Å²) in [5.74, 6) is -0.676. The minimum atomic E-state index is -0.802. The zero-order valence-electron chi connectivity index (χ0n) is 23.5. The maximum Gasteiger partial charge on any atom is 0.247 e. The van der Waals surface area contributed by atoms with Gasteiger partial charge < -0.3 is 24.5 Å². The van der Waals surface area contributed by atoms with E-state index in [1.54, 1.807) is 21.6 Å². The molecule has 0 saturated carbocycles. The third kappa shape index (κ3) is 5.07. The Kier molecular flexibility index (Phi) is 8.90. The number of hydrogen-bond donors (Lipinski definition) is 1. The van der Waals surface area contributed by atoms with Crippen molar-refractivity contribution in [3.63, 3.8) is 0 Å². The first-order chi connectivity index (χ1) is 19.5. The molecule has 1 unspecified atom stereocenters. The average Bonchev–Trinajstić information content (AvgIpc) is 3.26. The summed E-state index contributed by atoms with van der Waals surface area (Å²) in [4.78, 5) is 48.1. The predicted octanol–water partition coefficient (Wildman–Crippen LogP) is 3.65. The number of unbranched alkanes of at least 4 members (excludes halogenated alkanes) is 3. The van der Waals surface area contributed by atoms with E-state index in [1.165, 1.54) is 0 Å². The molecule has 0 aromatic heterocycles. The smallest absolute Gasteiger partial charge is 0.247 e. The van der Waals surface area contributed by atoms with Gasteiger partial charge >= 0.3 is 0 Å². The van der Waals surface area contributed by atoms with Gasteiger partial charge in [-0.1, -0.05) is 44.1 Å². The number of fused-ring (bicyclic) bond motifs is 2. The summed E-state index contributed by atoms with van der Waals surface area (Å²) in [5.41, 5.74) is 0.765. The Hall–Kier alpha value is -2.78. The molecular formula is C31H41N3O5S. The second-order valence-corrected chi connectivity index (χ2v) is 12.5. The molecule has 0 aliphatic carbocycles. The van der Waals surface area contributed by atoms with E-state index in [9.17, 15) is 19.5 Å². The van der Waals surface area contributed by atoms with E-state index in [0.29, 0.717) is 45.6 Å². The number of amides is 3. The number of carbonyl (C=O) groups excluding carboxylic acids is 3. The van der Waals surface area contributed by atoms with Gasteiger partial charge in [-0.15, -0.1) is 11.8 Å². The molecule has 1 aromatic carbocycles. The molecule has 5 rings (SSSR count). The number of ether oxygens (including phenoxy) is 1. The number of carbonyl (C=O) groups is 3. The molecule has 0 bridgehead atoms. The van der Waals surface area contributed by atoms with E-state index in [4.69, 9.17) is 4.74 Å². The van der Waals surface area contributed by atoms with Crippen molar-refractivity contribution >= 4 is 35.2 Å². The molecule has 1 aromatic rings. The number of aliphatic hydroxyl groups is 1. The lowest BCUT2D eigenvalue weighted by Crippen LogP contribution is -2.53. The molecule has 1 N–H and O–H groups in total. The van der Waals surface area contributed by atoms with E-state index in [0.717, 1.165) is 30.7 Å². The normalized spacial score (nSPS) is 29.4. The molecule has 216 valence electrons. The minimum absolute atomic E-state index is 0.0234. The zero-order chi connectivity index (χ0) is 28.3. The van der Waals surface area contributed by atoms with Crippen LogP contribution in [-0.2, 0) is 14.4 Å². The van der Waals surface area contributed by atoms with Gasteiger partial charge in [0.2, 0.25) is 17.7 Å². The SMILES string of the molecule is CCCCCN1CC=C[C@]23S[C@H]4C=CCN(c5ccc(OCC)cc5)C(=O)[C@H]4[C@H]2C(=O)N(CCCCO)C3C1=O. The quantitative estimate of drug-likeness (QED) is 0.324. The number of anilines is 1. The van der Waals surface area contributed by atoms with E-state index in [-0.39, 0.29) is 29.6 Å². The fourth-order valence-electron chi connectivity index (χ4n) is 6.69. The number of hydrogen-bond acceptors (Lipinski definition) is 6. The molecular weight excluding hydrogens is 526 g/mol. The van der Waals surface area contributed by atoms with Crippen LogP contribution in [0.3, 0.4) is 0 Å². The van der Waals surface area contributed by atoms with E-state index >= 15 is 0 Å². The van der Waals surface area contributed by atoms with Gasteiger partial charge in [0, 0.05) is 43.7 Å². The van der Waals surface area contributed by atoms with Crippen LogP contribution in [0.4, 0.5) is 5.69 Å². The summed E-state index contributed by atoms with van der Waals surface area (Å²) in [6.07, 6.45) is 12.4. The molecule has 0 radical (unpaired) electrons. The zero-order valence-corrected chi connectivity index (χ0v) is 24.4. The summed E-state index contributed by atoms with van der Waals surface area (Å²) in [6, 6.07) is 6.85. The molecule has 4 aliphatic heterocycles. The summed E-state index contributed by atoms with van der Waals surface area (Å²) in [6.45, 7) is 6.68. The van der Waals surface area contributed by atoms with Crippen LogP contribution in [0, 0.1) is 11.8 Å². The highest BCUT2D eigenvalue weighted by molar-refractivity contribution is 8.02. The first kappa shape index (κ1) is 28.7. The van der Waals surface area contributed by atoms with Crippen LogP contribution in [-0.4, -0.2) is 88.1 Å². The maximum absolute atomic E-state index is 14.3. The molecule has 2 saturated heterocycles. The molecule has 4 aliphatic rings.